The summed E-state index contributed by atoms with van der Waals surface area (Å²) in [6, 6.07) is 9.94. The molecule has 184 valence electrons. The zero-order valence-corrected chi connectivity index (χ0v) is 19.0. The van der Waals surface area contributed by atoms with Crippen molar-refractivity contribution in [3.8, 4) is 17.1 Å². The van der Waals surface area contributed by atoms with E-state index < -0.39 is 18.4 Å². The monoisotopic (exact) mass is 485 g/mol. The van der Waals surface area contributed by atoms with E-state index in [1.807, 2.05) is 30.3 Å². The SMILES string of the molecule is O=C(C(F)F)N1CCO[C@H](COc2nc(-c3ccc(N4CCOCC4)cc3)cc3nccnc23)C1. The second-order valence-electron chi connectivity index (χ2n) is 8.27. The molecule has 2 saturated heterocycles. The summed E-state index contributed by atoms with van der Waals surface area (Å²) in [4.78, 5) is 28.4. The third kappa shape index (κ3) is 5.30. The standard InChI is InChI=1S/C24H25F2N5O4/c25-22(26)24(32)31-9-12-34-18(14-31)15-35-23-21-20(27-5-6-28-21)13-19(29-23)16-1-3-17(4-2-16)30-7-10-33-11-8-30/h1-6,13,18,22H,7-12,14-15H2/t18-/m0/s1. The number of halogens is 2. The molecule has 0 aliphatic carbocycles. The number of carbonyl (C=O) groups excluding carboxylic acids is 1. The molecule has 0 radical (unpaired) electrons. The summed E-state index contributed by atoms with van der Waals surface area (Å²) in [7, 11) is 0. The number of hydrogen-bond donors (Lipinski definition) is 0. The lowest BCUT2D eigenvalue weighted by atomic mass is 10.1. The summed E-state index contributed by atoms with van der Waals surface area (Å²) in [5, 5.41) is 0. The molecule has 1 amide bonds. The van der Waals surface area contributed by atoms with Gasteiger partial charge in [-0.2, -0.15) is 8.78 Å². The summed E-state index contributed by atoms with van der Waals surface area (Å²) < 4.78 is 42.6. The van der Waals surface area contributed by atoms with E-state index in [1.165, 1.54) is 0 Å². The van der Waals surface area contributed by atoms with Crippen molar-refractivity contribution >= 4 is 22.6 Å². The van der Waals surface area contributed by atoms with Crippen LogP contribution < -0.4 is 9.64 Å². The molecule has 5 rings (SSSR count). The number of morpholine rings is 2. The van der Waals surface area contributed by atoms with Gasteiger partial charge < -0.3 is 24.0 Å². The van der Waals surface area contributed by atoms with Gasteiger partial charge >= 0.3 is 6.43 Å². The van der Waals surface area contributed by atoms with E-state index >= 15 is 0 Å². The van der Waals surface area contributed by atoms with Crippen molar-refractivity contribution < 1.29 is 27.8 Å². The first-order valence-electron chi connectivity index (χ1n) is 11.4. The van der Waals surface area contributed by atoms with E-state index in [9.17, 15) is 13.6 Å². The highest BCUT2D eigenvalue weighted by Crippen LogP contribution is 2.29. The maximum Gasteiger partial charge on any atom is 0.315 e. The van der Waals surface area contributed by atoms with E-state index in [1.54, 1.807) is 12.4 Å². The molecule has 1 aromatic carbocycles. The van der Waals surface area contributed by atoms with Crippen LogP contribution in [-0.2, 0) is 14.3 Å². The van der Waals surface area contributed by atoms with Gasteiger partial charge in [-0.05, 0) is 18.2 Å². The number of pyridine rings is 1. The summed E-state index contributed by atoms with van der Waals surface area (Å²) in [6.07, 6.45) is -0.457. The molecule has 0 saturated carbocycles. The van der Waals surface area contributed by atoms with E-state index in [2.05, 4.69) is 19.9 Å². The molecular weight excluding hydrogens is 460 g/mol. The lowest BCUT2D eigenvalue weighted by molar-refractivity contribution is -0.151. The summed E-state index contributed by atoms with van der Waals surface area (Å²) in [5.41, 5.74) is 3.77. The number of hydrogen-bond acceptors (Lipinski definition) is 8. The molecular formula is C24H25F2N5O4. The third-order valence-electron chi connectivity index (χ3n) is 6.01. The second kappa shape index (κ2) is 10.4. The first-order valence-corrected chi connectivity index (χ1v) is 11.4. The Kier molecular flexibility index (Phi) is 6.96. The zero-order chi connectivity index (χ0) is 24.2. The molecule has 2 aliphatic rings. The number of nitrogens with zero attached hydrogens (tertiary/aromatic N) is 5. The first kappa shape index (κ1) is 23.3. The molecule has 0 spiro atoms. The van der Waals surface area contributed by atoms with Crippen LogP contribution in [0.1, 0.15) is 0 Å². The van der Waals surface area contributed by atoms with Gasteiger partial charge in [0.2, 0.25) is 5.88 Å². The normalized spacial score (nSPS) is 18.8. The summed E-state index contributed by atoms with van der Waals surface area (Å²) in [6.45, 7) is 3.48. The van der Waals surface area contributed by atoms with Crippen LogP contribution in [0, 0.1) is 0 Å². The number of aromatic nitrogens is 3. The Balaban J connectivity index is 1.35. The fraction of sp³-hybridized carbons (Fsp3) is 0.417. The number of amides is 1. The molecule has 0 bridgehead atoms. The summed E-state index contributed by atoms with van der Waals surface area (Å²) in [5.74, 6) is -0.931. The number of fused-ring (bicyclic) bond motifs is 1. The first-order chi connectivity index (χ1) is 17.1. The second-order valence-corrected chi connectivity index (χ2v) is 8.27. The van der Waals surface area contributed by atoms with Gasteiger partial charge in [0.15, 0.2) is 5.52 Å². The molecule has 3 aromatic rings. The minimum Gasteiger partial charge on any atom is -0.473 e. The highest BCUT2D eigenvalue weighted by atomic mass is 19.3. The fourth-order valence-corrected chi connectivity index (χ4v) is 4.19. The Bertz CT molecular complexity index is 1170. The Labute approximate surface area is 200 Å². The molecule has 0 unspecified atom stereocenters. The Morgan fingerprint density at radius 3 is 2.63 bits per heavy atom. The topological polar surface area (TPSA) is 89.9 Å². The molecule has 2 aliphatic heterocycles. The van der Waals surface area contributed by atoms with Crippen LogP contribution in [0.4, 0.5) is 14.5 Å². The molecule has 0 N–H and O–H groups in total. The zero-order valence-electron chi connectivity index (χ0n) is 19.0. The predicted octanol–water partition coefficient (Wildman–Crippen LogP) is 2.40. The molecule has 4 heterocycles. The van der Waals surface area contributed by atoms with Crippen molar-refractivity contribution in [3.63, 3.8) is 0 Å². The van der Waals surface area contributed by atoms with Gasteiger partial charge in [0, 0.05) is 43.3 Å². The van der Waals surface area contributed by atoms with Crippen LogP contribution in [0.15, 0.2) is 42.7 Å². The van der Waals surface area contributed by atoms with Crippen LogP contribution in [0.25, 0.3) is 22.3 Å². The van der Waals surface area contributed by atoms with Crippen molar-refractivity contribution in [1.82, 2.24) is 19.9 Å². The number of rotatable bonds is 6. The van der Waals surface area contributed by atoms with E-state index in [0.717, 1.165) is 29.2 Å². The number of alkyl halides is 2. The number of anilines is 1. The predicted molar refractivity (Wildman–Crippen MR) is 124 cm³/mol. The van der Waals surface area contributed by atoms with Gasteiger partial charge in [-0.3, -0.25) is 9.78 Å². The van der Waals surface area contributed by atoms with Crippen LogP contribution in [-0.4, -0.2) is 90.9 Å². The molecule has 2 aromatic heterocycles. The van der Waals surface area contributed by atoms with Gasteiger partial charge in [0.1, 0.15) is 12.7 Å². The minimum absolute atomic E-state index is 0.0233. The average molecular weight is 485 g/mol. The lowest BCUT2D eigenvalue weighted by Gasteiger charge is -2.32. The Morgan fingerprint density at radius 2 is 1.86 bits per heavy atom. The quantitative estimate of drug-likeness (QED) is 0.526. The average Bonchev–Trinajstić information content (AvgIpc) is 2.92. The van der Waals surface area contributed by atoms with Crippen molar-refractivity contribution in [2.45, 2.75) is 12.5 Å². The van der Waals surface area contributed by atoms with E-state index in [-0.39, 0.29) is 32.2 Å². The summed E-state index contributed by atoms with van der Waals surface area (Å²) >= 11 is 0. The smallest absolute Gasteiger partial charge is 0.315 e. The highest BCUT2D eigenvalue weighted by Gasteiger charge is 2.29. The Morgan fingerprint density at radius 1 is 1.09 bits per heavy atom. The van der Waals surface area contributed by atoms with Gasteiger partial charge in [0.05, 0.1) is 37.6 Å². The molecule has 35 heavy (non-hydrogen) atoms. The minimum atomic E-state index is -3.04. The van der Waals surface area contributed by atoms with Crippen LogP contribution >= 0.6 is 0 Å². The maximum absolute atomic E-state index is 12.8. The number of ether oxygens (including phenoxy) is 3. The molecule has 2 fully saturated rings. The van der Waals surface area contributed by atoms with Crippen molar-refractivity contribution in [2.75, 3.05) is 57.5 Å². The van der Waals surface area contributed by atoms with Crippen LogP contribution in [0.3, 0.4) is 0 Å². The third-order valence-corrected chi connectivity index (χ3v) is 6.01. The number of benzene rings is 1. The fourth-order valence-electron chi connectivity index (χ4n) is 4.19. The van der Waals surface area contributed by atoms with Gasteiger partial charge in [-0.15, -0.1) is 0 Å². The number of carbonyl (C=O) groups is 1. The van der Waals surface area contributed by atoms with E-state index in [4.69, 9.17) is 14.2 Å². The largest absolute Gasteiger partial charge is 0.473 e. The van der Waals surface area contributed by atoms with Crippen LogP contribution in [0.2, 0.25) is 0 Å². The van der Waals surface area contributed by atoms with Crippen LogP contribution in [0.5, 0.6) is 5.88 Å². The van der Waals surface area contributed by atoms with Crippen molar-refractivity contribution in [3.05, 3.63) is 42.7 Å². The maximum atomic E-state index is 12.8. The highest BCUT2D eigenvalue weighted by molar-refractivity contribution is 5.83. The van der Waals surface area contributed by atoms with Crippen molar-refractivity contribution in [2.24, 2.45) is 0 Å². The van der Waals surface area contributed by atoms with Gasteiger partial charge in [-0.1, -0.05) is 12.1 Å². The molecule has 9 nitrogen and oxygen atoms in total. The molecule has 11 heteroatoms. The molecule has 1 atom stereocenters. The van der Waals surface area contributed by atoms with E-state index in [0.29, 0.717) is 29.9 Å². The lowest BCUT2D eigenvalue weighted by Crippen LogP contribution is -2.49. The van der Waals surface area contributed by atoms with Gasteiger partial charge in [-0.25, -0.2) is 9.97 Å². The Hall–Kier alpha value is -3.44. The van der Waals surface area contributed by atoms with Crippen molar-refractivity contribution in [1.29, 1.82) is 0 Å². The van der Waals surface area contributed by atoms with Gasteiger partial charge in [0.25, 0.3) is 5.91 Å².